The number of rotatable bonds is 4. The van der Waals surface area contributed by atoms with Gasteiger partial charge in [-0.15, -0.1) is 0 Å². The highest BCUT2D eigenvalue weighted by Crippen LogP contribution is 2.29. The smallest absolute Gasteiger partial charge is 0.410 e. The van der Waals surface area contributed by atoms with Crippen molar-refractivity contribution in [3.8, 4) is 11.5 Å². The van der Waals surface area contributed by atoms with Crippen molar-refractivity contribution < 1.29 is 23.0 Å². The van der Waals surface area contributed by atoms with Crippen LogP contribution < -0.4 is 10.3 Å². The first-order valence-electron chi connectivity index (χ1n) is 11.1. The molecule has 1 aliphatic rings. The molecule has 3 aromatic rings. The molecular formula is C24H26F2N4O4S. The molecule has 35 heavy (non-hydrogen) atoms. The summed E-state index contributed by atoms with van der Waals surface area (Å²) in [6.07, 6.45) is 4.19. The molecule has 0 unspecified atom stereocenters. The van der Waals surface area contributed by atoms with E-state index in [4.69, 9.17) is 9.47 Å². The van der Waals surface area contributed by atoms with Gasteiger partial charge in [0.05, 0.1) is 6.04 Å². The Morgan fingerprint density at radius 2 is 1.97 bits per heavy atom. The molecule has 8 nitrogen and oxygen atoms in total. The van der Waals surface area contributed by atoms with Gasteiger partial charge in [0, 0.05) is 30.7 Å². The normalized spacial score (nSPS) is 16.4. The summed E-state index contributed by atoms with van der Waals surface area (Å²) in [7, 11) is 0. The van der Waals surface area contributed by atoms with Crippen molar-refractivity contribution >= 4 is 28.9 Å². The Morgan fingerprint density at radius 3 is 2.66 bits per heavy atom. The predicted octanol–water partition coefficient (Wildman–Crippen LogP) is 5.16. The number of likely N-dealkylation sites (tertiary alicyclic amines) is 1. The number of piperidine rings is 1. The lowest BCUT2D eigenvalue weighted by Crippen LogP contribution is -2.45. The molecule has 0 aliphatic carbocycles. The quantitative estimate of drug-likeness (QED) is 0.358. The van der Waals surface area contributed by atoms with Gasteiger partial charge in [-0.25, -0.2) is 23.5 Å². The van der Waals surface area contributed by atoms with E-state index in [9.17, 15) is 18.4 Å². The summed E-state index contributed by atoms with van der Waals surface area (Å²) in [5.41, 5.74) is -0.804. The third-order valence-corrected chi connectivity index (χ3v) is 5.99. The van der Waals surface area contributed by atoms with Crippen LogP contribution in [0.4, 0.5) is 13.6 Å². The molecule has 1 aromatic carbocycles. The monoisotopic (exact) mass is 504 g/mol. The number of hydrogen-bond acceptors (Lipinski definition) is 7. The van der Waals surface area contributed by atoms with Crippen LogP contribution in [0.3, 0.4) is 0 Å². The van der Waals surface area contributed by atoms with Gasteiger partial charge < -0.3 is 14.4 Å². The molecule has 186 valence electrons. The summed E-state index contributed by atoms with van der Waals surface area (Å²) < 4.78 is 40.2. The number of halogens is 2. The Kier molecular flexibility index (Phi) is 6.98. The van der Waals surface area contributed by atoms with Gasteiger partial charge in [-0.2, -0.15) is 0 Å². The van der Waals surface area contributed by atoms with E-state index in [1.165, 1.54) is 22.4 Å². The fourth-order valence-corrected chi connectivity index (χ4v) is 4.26. The van der Waals surface area contributed by atoms with E-state index in [-0.39, 0.29) is 18.0 Å². The first-order chi connectivity index (χ1) is 16.6. The van der Waals surface area contributed by atoms with Crippen LogP contribution in [0.5, 0.6) is 11.5 Å². The van der Waals surface area contributed by atoms with Crippen LogP contribution >= 0.6 is 11.8 Å². The van der Waals surface area contributed by atoms with Crippen molar-refractivity contribution in [1.82, 2.24) is 19.4 Å². The second-order valence-electron chi connectivity index (χ2n) is 9.22. The number of thioether (sulfide) groups is 1. The van der Waals surface area contributed by atoms with Crippen LogP contribution in [0.15, 0.2) is 40.4 Å². The molecule has 1 amide bonds. The molecule has 2 aromatic heterocycles. The second-order valence-corrected chi connectivity index (χ2v) is 9.99. The highest BCUT2D eigenvalue weighted by Gasteiger charge is 2.31. The minimum absolute atomic E-state index is 0.155. The molecule has 0 radical (unpaired) electrons. The van der Waals surface area contributed by atoms with Crippen molar-refractivity contribution in [3.63, 3.8) is 0 Å². The summed E-state index contributed by atoms with van der Waals surface area (Å²) in [5, 5.41) is 0.984. The SMILES string of the molecule is CSc1ncc2cc(Oc3ccc(F)cc3F)c(=O)n([C@@H]3CCCN(C(=O)OC(C)(C)C)C3)c2n1. The van der Waals surface area contributed by atoms with Crippen LogP contribution in [0.2, 0.25) is 0 Å². The second kappa shape index (κ2) is 9.80. The number of carbonyl (C=O) groups is 1. The number of aromatic nitrogens is 3. The molecule has 11 heteroatoms. The van der Waals surface area contributed by atoms with Crippen molar-refractivity contribution in [2.24, 2.45) is 0 Å². The van der Waals surface area contributed by atoms with E-state index < -0.39 is 34.9 Å². The molecule has 1 fully saturated rings. The zero-order valence-electron chi connectivity index (χ0n) is 19.9. The summed E-state index contributed by atoms with van der Waals surface area (Å²) >= 11 is 1.33. The Labute approximate surface area is 205 Å². The van der Waals surface area contributed by atoms with Gasteiger partial charge in [-0.05, 0) is 58.1 Å². The van der Waals surface area contributed by atoms with Crippen molar-refractivity contribution in [2.75, 3.05) is 19.3 Å². The number of nitrogens with zero attached hydrogens (tertiary/aromatic N) is 4. The first-order valence-corrected chi connectivity index (χ1v) is 12.4. The topological polar surface area (TPSA) is 86.6 Å². The average Bonchev–Trinajstić information content (AvgIpc) is 2.80. The fraction of sp³-hybridized carbons (Fsp3) is 0.417. The predicted molar refractivity (Wildman–Crippen MR) is 128 cm³/mol. The van der Waals surface area contributed by atoms with Crippen molar-refractivity contribution in [2.45, 2.75) is 50.4 Å². The molecule has 0 spiro atoms. The molecule has 4 rings (SSSR count). The van der Waals surface area contributed by atoms with Gasteiger partial charge in [-0.1, -0.05) is 11.8 Å². The van der Waals surface area contributed by atoms with Crippen molar-refractivity contribution in [3.05, 3.63) is 52.5 Å². The molecule has 1 saturated heterocycles. The van der Waals surface area contributed by atoms with E-state index in [1.54, 1.807) is 31.9 Å². The van der Waals surface area contributed by atoms with E-state index >= 15 is 0 Å². The number of amides is 1. The van der Waals surface area contributed by atoms with Gasteiger partial charge in [0.15, 0.2) is 22.5 Å². The van der Waals surface area contributed by atoms with Crippen molar-refractivity contribution in [1.29, 1.82) is 0 Å². The Bertz CT molecular complexity index is 1330. The average molecular weight is 505 g/mol. The summed E-state index contributed by atoms with van der Waals surface area (Å²) in [4.78, 5) is 36.7. The van der Waals surface area contributed by atoms with E-state index in [1.807, 2.05) is 6.26 Å². The zero-order valence-corrected chi connectivity index (χ0v) is 20.7. The Balaban J connectivity index is 1.78. The number of hydrogen-bond donors (Lipinski definition) is 0. The molecule has 0 N–H and O–H groups in total. The number of ether oxygens (including phenoxy) is 2. The highest BCUT2D eigenvalue weighted by atomic mass is 32.2. The Hall–Kier alpha value is -3.21. The molecule has 3 heterocycles. The maximum atomic E-state index is 14.3. The number of carbonyl (C=O) groups excluding carboxylic acids is 1. The van der Waals surface area contributed by atoms with Crippen LogP contribution in [-0.4, -0.2) is 50.5 Å². The first kappa shape index (κ1) is 24.9. The molecular weight excluding hydrogens is 478 g/mol. The zero-order chi connectivity index (χ0) is 25.3. The number of pyridine rings is 1. The maximum Gasteiger partial charge on any atom is 0.410 e. The number of fused-ring (bicyclic) bond motifs is 1. The summed E-state index contributed by atoms with van der Waals surface area (Å²) in [5.74, 6) is -2.13. The standard InChI is InChI=1S/C24H26F2N4O4S/c1-24(2,3)34-23(32)29-9-5-6-16(13-29)30-20-14(12-27-22(28-20)35-4)10-19(21(30)31)33-18-8-7-15(25)11-17(18)26/h7-8,10-12,16H,5-6,9,13H2,1-4H3/t16-/m1/s1. The number of benzene rings is 1. The Morgan fingerprint density at radius 1 is 1.20 bits per heavy atom. The third-order valence-electron chi connectivity index (χ3n) is 5.43. The van der Waals surface area contributed by atoms with E-state index in [0.717, 1.165) is 12.1 Å². The maximum absolute atomic E-state index is 14.3. The molecule has 0 bridgehead atoms. The lowest BCUT2D eigenvalue weighted by molar-refractivity contribution is 0.0172. The van der Waals surface area contributed by atoms with Crippen LogP contribution in [0.25, 0.3) is 11.0 Å². The lowest BCUT2D eigenvalue weighted by Gasteiger charge is -2.35. The van der Waals surface area contributed by atoms with Gasteiger partial charge in [0.25, 0.3) is 5.56 Å². The molecule has 0 saturated carbocycles. The largest absolute Gasteiger partial charge is 0.448 e. The van der Waals surface area contributed by atoms with Gasteiger partial charge in [0.1, 0.15) is 17.1 Å². The fourth-order valence-electron chi connectivity index (χ4n) is 3.92. The summed E-state index contributed by atoms with van der Waals surface area (Å²) in [6, 6.07) is 3.87. The molecule has 1 atom stereocenters. The third kappa shape index (κ3) is 5.55. The van der Waals surface area contributed by atoms with Crippen LogP contribution in [-0.2, 0) is 4.74 Å². The summed E-state index contributed by atoms with van der Waals surface area (Å²) in [6.45, 7) is 6.11. The highest BCUT2D eigenvalue weighted by molar-refractivity contribution is 7.98. The minimum atomic E-state index is -0.932. The van der Waals surface area contributed by atoms with E-state index in [0.29, 0.717) is 41.6 Å². The lowest BCUT2D eigenvalue weighted by atomic mass is 10.1. The van der Waals surface area contributed by atoms with Gasteiger partial charge in [0.2, 0.25) is 0 Å². The minimum Gasteiger partial charge on any atom is -0.448 e. The van der Waals surface area contributed by atoms with Gasteiger partial charge >= 0.3 is 6.09 Å². The van der Waals surface area contributed by atoms with Crippen LogP contribution in [0.1, 0.15) is 39.7 Å². The van der Waals surface area contributed by atoms with E-state index in [2.05, 4.69) is 9.97 Å². The van der Waals surface area contributed by atoms with Gasteiger partial charge in [-0.3, -0.25) is 9.36 Å². The molecule has 1 aliphatic heterocycles. The van der Waals surface area contributed by atoms with Crippen LogP contribution in [0, 0.1) is 11.6 Å².